The summed E-state index contributed by atoms with van der Waals surface area (Å²) < 4.78 is 0. The first kappa shape index (κ1) is 11.4. The molecule has 1 N–H and O–H groups in total. The third-order valence-corrected chi connectivity index (χ3v) is 2.27. The average Bonchev–Trinajstić information content (AvgIpc) is 2.28. The Morgan fingerprint density at radius 1 is 1.27 bits per heavy atom. The summed E-state index contributed by atoms with van der Waals surface area (Å²) in [5, 5.41) is 2.70. The standard InChI is InChI=1S/C12H15NO2/c1-3-11(14)9(2)12(15)13-10-7-5-4-6-8-10/h4-9H,3H2,1-2H3,(H,13,15)/t9-/m1/s1. The van der Waals surface area contributed by atoms with Crippen molar-refractivity contribution in [1.29, 1.82) is 0 Å². The van der Waals surface area contributed by atoms with Crippen LogP contribution in [0.1, 0.15) is 20.3 Å². The second kappa shape index (κ2) is 5.29. The fourth-order valence-corrected chi connectivity index (χ4v) is 1.22. The minimum atomic E-state index is -0.574. The summed E-state index contributed by atoms with van der Waals surface area (Å²) in [6.07, 6.45) is 0.392. The maximum Gasteiger partial charge on any atom is 0.234 e. The third-order valence-electron chi connectivity index (χ3n) is 2.27. The van der Waals surface area contributed by atoms with Crippen LogP contribution in [0.2, 0.25) is 0 Å². The van der Waals surface area contributed by atoms with Crippen molar-refractivity contribution in [2.75, 3.05) is 5.32 Å². The highest BCUT2D eigenvalue weighted by molar-refractivity contribution is 6.06. The van der Waals surface area contributed by atoms with Gasteiger partial charge < -0.3 is 5.32 Å². The monoisotopic (exact) mass is 205 g/mol. The van der Waals surface area contributed by atoms with Gasteiger partial charge in [0.1, 0.15) is 5.78 Å². The topological polar surface area (TPSA) is 46.2 Å². The molecule has 1 aromatic carbocycles. The smallest absolute Gasteiger partial charge is 0.234 e. The van der Waals surface area contributed by atoms with Gasteiger partial charge in [-0.15, -0.1) is 0 Å². The number of benzene rings is 1. The molecule has 1 atom stereocenters. The second-order valence-corrected chi connectivity index (χ2v) is 3.40. The summed E-state index contributed by atoms with van der Waals surface area (Å²) in [5.74, 6) is -0.855. The SMILES string of the molecule is CCC(=O)[C@@H](C)C(=O)Nc1ccccc1. The quantitative estimate of drug-likeness (QED) is 0.766. The number of hydrogen-bond acceptors (Lipinski definition) is 2. The zero-order valence-electron chi connectivity index (χ0n) is 8.99. The van der Waals surface area contributed by atoms with E-state index in [0.29, 0.717) is 6.42 Å². The van der Waals surface area contributed by atoms with Crippen LogP contribution >= 0.6 is 0 Å². The van der Waals surface area contributed by atoms with Gasteiger partial charge in [0, 0.05) is 12.1 Å². The molecule has 80 valence electrons. The minimum absolute atomic E-state index is 0.0385. The molecule has 0 spiro atoms. The second-order valence-electron chi connectivity index (χ2n) is 3.40. The molecule has 0 aromatic heterocycles. The number of carbonyl (C=O) groups is 2. The van der Waals surface area contributed by atoms with Crippen LogP contribution in [0.5, 0.6) is 0 Å². The van der Waals surface area contributed by atoms with Crippen molar-refractivity contribution in [3.63, 3.8) is 0 Å². The number of nitrogens with one attached hydrogen (secondary N) is 1. The Hall–Kier alpha value is -1.64. The zero-order valence-corrected chi connectivity index (χ0v) is 8.99. The minimum Gasteiger partial charge on any atom is -0.325 e. The molecule has 1 amide bonds. The molecule has 1 aromatic rings. The number of hydrogen-bond donors (Lipinski definition) is 1. The lowest BCUT2D eigenvalue weighted by atomic mass is 10.0. The van der Waals surface area contributed by atoms with E-state index in [4.69, 9.17) is 0 Å². The molecule has 0 radical (unpaired) electrons. The summed E-state index contributed by atoms with van der Waals surface area (Å²) in [4.78, 5) is 22.9. The van der Waals surface area contributed by atoms with Crippen LogP contribution in [-0.2, 0) is 9.59 Å². The average molecular weight is 205 g/mol. The molecule has 0 aliphatic heterocycles. The summed E-state index contributed by atoms with van der Waals surface area (Å²) in [5.41, 5.74) is 0.721. The van der Waals surface area contributed by atoms with Gasteiger partial charge in [0.2, 0.25) is 5.91 Å². The highest BCUT2D eigenvalue weighted by atomic mass is 16.2. The maximum absolute atomic E-state index is 11.6. The molecule has 0 bridgehead atoms. The van der Waals surface area contributed by atoms with Gasteiger partial charge >= 0.3 is 0 Å². The first-order valence-electron chi connectivity index (χ1n) is 5.03. The van der Waals surface area contributed by atoms with Gasteiger partial charge in [-0.3, -0.25) is 9.59 Å². The van der Waals surface area contributed by atoms with E-state index in [1.165, 1.54) is 0 Å². The molecular formula is C12H15NO2. The molecule has 3 heteroatoms. The lowest BCUT2D eigenvalue weighted by Gasteiger charge is -2.09. The number of para-hydroxylation sites is 1. The number of rotatable bonds is 4. The number of carbonyl (C=O) groups excluding carboxylic acids is 2. The molecule has 15 heavy (non-hydrogen) atoms. The predicted molar refractivity (Wildman–Crippen MR) is 59.5 cm³/mol. The van der Waals surface area contributed by atoms with Crippen molar-refractivity contribution in [1.82, 2.24) is 0 Å². The molecular weight excluding hydrogens is 190 g/mol. The molecule has 0 aliphatic carbocycles. The van der Waals surface area contributed by atoms with Crippen molar-refractivity contribution < 1.29 is 9.59 Å². The maximum atomic E-state index is 11.6. The van der Waals surface area contributed by atoms with Crippen LogP contribution in [0.3, 0.4) is 0 Å². The molecule has 0 saturated heterocycles. The third kappa shape index (κ3) is 3.20. The highest BCUT2D eigenvalue weighted by Gasteiger charge is 2.19. The van der Waals surface area contributed by atoms with E-state index in [0.717, 1.165) is 5.69 Å². The van der Waals surface area contributed by atoms with Gasteiger partial charge in [-0.05, 0) is 19.1 Å². The first-order valence-corrected chi connectivity index (χ1v) is 5.03. The van der Waals surface area contributed by atoms with E-state index >= 15 is 0 Å². The summed E-state index contributed by atoms with van der Waals surface area (Å²) in [7, 11) is 0. The van der Waals surface area contributed by atoms with Gasteiger partial charge in [0.25, 0.3) is 0 Å². The Labute approximate surface area is 89.5 Å². The van der Waals surface area contributed by atoms with Crippen LogP contribution in [0.15, 0.2) is 30.3 Å². The van der Waals surface area contributed by atoms with Gasteiger partial charge in [-0.2, -0.15) is 0 Å². The Bertz CT molecular complexity index is 346. The van der Waals surface area contributed by atoms with E-state index < -0.39 is 5.92 Å². The Morgan fingerprint density at radius 2 is 1.87 bits per heavy atom. The van der Waals surface area contributed by atoms with Crippen LogP contribution < -0.4 is 5.32 Å². The van der Waals surface area contributed by atoms with Crippen LogP contribution in [0.25, 0.3) is 0 Å². The van der Waals surface area contributed by atoms with E-state index in [1.807, 2.05) is 18.2 Å². The van der Waals surface area contributed by atoms with Gasteiger partial charge in [0.05, 0.1) is 5.92 Å². The zero-order chi connectivity index (χ0) is 11.3. The van der Waals surface area contributed by atoms with Crippen molar-refractivity contribution in [2.45, 2.75) is 20.3 Å². The van der Waals surface area contributed by atoms with Gasteiger partial charge in [-0.25, -0.2) is 0 Å². The number of ketones is 1. The fourth-order valence-electron chi connectivity index (χ4n) is 1.22. The molecule has 1 rings (SSSR count). The Kier molecular flexibility index (Phi) is 4.03. The lowest BCUT2D eigenvalue weighted by Crippen LogP contribution is -2.26. The summed E-state index contributed by atoms with van der Waals surface area (Å²) in [6, 6.07) is 9.13. The van der Waals surface area contributed by atoms with E-state index in [-0.39, 0.29) is 11.7 Å². The Balaban J connectivity index is 2.60. The number of anilines is 1. The van der Waals surface area contributed by atoms with Crippen molar-refractivity contribution in [2.24, 2.45) is 5.92 Å². The summed E-state index contributed by atoms with van der Waals surface area (Å²) >= 11 is 0. The molecule has 3 nitrogen and oxygen atoms in total. The molecule has 0 fully saturated rings. The van der Waals surface area contributed by atoms with Crippen molar-refractivity contribution in [3.05, 3.63) is 30.3 Å². The fraction of sp³-hybridized carbons (Fsp3) is 0.333. The van der Waals surface area contributed by atoms with Crippen molar-refractivity contribution >= 4 is 17.4 Å². The molecule has 0 unspecified atom stereocenters. The number of Topliss-reactive ketones (excluding diaryl/α,β-unsaturated/α-hetero) is 1. The normalized spacial score (nSPS) is 11.9. The molecule has 0 heterocycles. The van der Waals surface area contributed by atoms with E-state index in [9.17, 15) is 9.59 Å². The van der Waals surface area contributed by atoms with Crippen LogP contribution in [0, 0.1) is 5.92 Å². The lowest BCUT2D eigenvalue weighted by molar-refractivity contribution is -0.130. The molecule has 0 aliphatic rings. The van der Waals surface area contributed by atoms with E-state index in [2.05, 4.69) is 5.32 Å². The van der Waals surface area contributed by atoms with Crippen LogP contribution in [0.4, 0.5) is 5.69 Å². The highest BCUT2D eigenvalue weighted by Crippen LogP contribution is 2.09. The largest absolute Gasteiger partial charge is 0.325 e. The predicted octanol–water partition coefficient (Wildman–Crippen LogP) is 2.24. The van der Waals surface area contributed by atoms with Crippen molar-refractivity contribution in [3.8, 4) is 0 Å². The van der Waals surface area contributed by atoms with Gasteiger partial charge in [0.15, 0.2) is 0 Å². The van der Waals surface area contributed by atoms with Crippen LogP contribution in [-0.4, -0.2) is 11.7 Å². The number of amides is 1. The van der Waals surface area contributed by atoms with Gasteiger partial charge in [-0.1, -0.05) is 25.1 Å². The first-order chi connectivity index (χ1) is 7.15. The Morgan fingerprint density at radius 3 is 2.40 bits per heavy atom. The summed E-state index contributed by atoms with van der Waals surface area (Å²) in [6.45, 7) is 3.39. The van der Waals surface area contributed by atoms with E-state index in [1.54, 1.807) is 26.0 Å². The molecule has 0 saturated carbocycles.